The molecule has 0 aliphatic carbocycles. The van der Waals surface area contributed by atoms with E-state index in [0.717, 1.165) is 8.47 Å². The van der Waals surface area contributed by atoms with Crippen molar-refractivity contribution in [2.24, 2.45) is 0 Å². The summed E-state index contributed by atoms with van der Waals surface area (Å²) in [5.74, 6) is 0. The molecule has 0 spiro atoms. The van der Waals surface area contributed by atoms with E-state index in [1.807, 2.05) is 28.8 Å². The number of hydrogen-bond donors (Lipinski definition) is 0. The van der Waals surface area contributed by atoms with Crippen molar-refractivity contribution in [3.05, 3.63) is 27.3 Å². The first-order chi connectivity index (χ1) is 6.42. The summed E-state index contributed by atoms with van der Waals surface area (Å²) in [4.78, 5) is 1.01. The van der Waals surface area contributed by atoms with Gasteiger partial charge in [-0.25, -0.2) is 0 Å². The molecule has 0 aliphatic heterocycles. The molecule has 5 heteroatoms. The molecule has 1 rings (SSSR count). The second kappa shape index (κ2) is 4.74. The van der Waals surface area contributed by atoms with Crippen LogP contribution in [0.2, 0.25) is 0 Å². The number of halogens is 4. The fourth-order valence-corrected chi connectivity index (χ4v) is 2.75. The molecule has 0 radical (unpaired) electrons. The van der Waals surface area contributed by atoms with Crippen molar-refractivity contribution < 1.29 is 13.2 Å². The van der Waals surface area contributed by atoms with Crippen LogP contribution in [0.3, 0.4) is 0 Å². The van der Waals surface area contributed by atoms with Crippen LogP contribution >= 0.6 is 34.4 Å². The van der Waals surface area contributed by atoms with Gasteiger partial charge in [0, 0.05) is 8.47 Å². The molecular formula is C9H8F3IS. The molecule has 0 saturated carbocycles. The third-order valence-corrected chi connectivity index (χ3v) is 3.68. The molecule has 0 bridgehead atoms. The van der Waals surface area contributed by atoms with Crippen LogP contribution < -0.4 is 0 Å². The molecule has 0 amide bonds. The normalized spacial score (nSPS) is 11.8. The second-order valence-electron chi connectivity index (χ2n) is 2.76. The van der Waals surface area contributed by atoms with E-state index >= 15 is 0 Å². The first-order valence-corrected chi connectivity index (χ1v) is 6.12. The van der Waals surface area contributed by atoms with E-state index in [9.17, 15) is 13.2 Å². The number of thioether (sulfide) groups is 1. The van der Waals surface area contributed by atoms with Gasteiger partial charge in [0.1, 0.15) is 0 Å². The van der Waals surface area contributed by atoms with Crippen molar-refractivity contribution in [2.75, 3.05) is 6.26 Å². The van der Waals surface area contributed by atoms with E-state index in [1.54, 1.807) is 12.1 Å². The maximum atomic E-state index is 12.0. The van der Waals surface area contributed by atoms with Gasteiger partial charge in [-0.3, -0.25) is 0 Å². The molecule has 0 aromatic heterocycles. The van der Waals surface area contributed by atoms with Crippen LogP contribution in [0.1, 0.15) is 5.56 Å². The molecule has 0 saturated heterocycles. The number of hydrogen-bond acceptors (Lipinski definition) is 1. The van der Waals surface area contributed by atoms with E-state index in [1.165, 1.54) is 17.8 Å². The molecule has 0 unspecified atom stereocenters. The van der Waals surface area contributed by atoms with Crippen molar-refractivity contribution in [2.45, 2.75) is 17.5 Å². The molecule has 0 heterocycles. The summed E-state index contributed by atoms with van der Waals surface area (Å²) < 4.78 is 37.0. The first kappa shape index (κ1) is 12.2. The number of rotatable bonds is 2. The molecule has 1 aromatic carbocycles. The zero-order chi connectivity index (χ0) is 10.8. The van der Waals surface area contributed by atoms with Gasteiger partial charge in [-0.15, -0.1) is 11.8 Å². The average molecular weight is 332 g/mol. The Morgan fingerprint density at radius 2 is 2.00 bits per heavy atom. The Kier molecular flexibility index (Phi) is 4.12. The highest BCUT2D eigenvalue weighted by atomic mass is 127. The standard InChI is InChI=1S/C9H8F3IS/c1-14-8-3-2-6(4-7(8)13)5-9(10,11)12/h2-4H,5H2,1H3. The summed E-state index contributed by atoms with van der Waals surface area (Å²) in [5.41, 5.74) is 0.319. The lowest BCUT2D eigenvalue weighted by atomic mass is 10.1. The van der Waals surface area contributed by atoms with Gasteiger partial charge in [0.2, 0.25) is 0 Å². The van der Waals surface area contributed by atoms with Crippen molar-refractivity contribution in [3.63, 3.8) is 0 Å². The molecule has 0 fully saturated rings. The van der Waals surface area contributed by atoms with Crippen LogP contribution in [-0.4, -0.2) is 12.4 Å². The van der Waals surface area contributed by atoms with E-state index in [4.69, 9.17) is 0 Å². The van der Waals surface area contributed by atoms with Gasteiger partial charge in [0.15, 0.2) is 0 Å². The molecule has 0 nitrogen and oxygen atoms in total. The Morgan fingerprint density at radius 3 is 2.43 bits per heavy atom. The van der Waals surface area contributed by atoms with Crippen LogP contribution in [0, 0.1) is 3.57 Å². The molecule has 0 N–H and O–H groups in total. The summed E-state index contributed by atoms with van der Waals surface area (Å²) in [6.07, 6.45) is -3.07. The molecule has 78 valence electrons. The Hall–Kier alpha value is 0.0900. The van der Waals surface area contributed by atoms with Crippen LogP contribution in [-0.2, 0) is 6.42 Å². The molecular weight excluding hydrogens is 324 g/mol. The third kappa shape index (κ3) is 3.68. The van der Waals surface area contributed by atoms with Crippen LogP contribution in [0.4, 0.5) is 13.2 Å². The van der Waals surface area contributed by atoms with Crippen LogP contribution in [0.15, 0.2) is 23.1 Å². The monoisotopic (exact) mass is 332 g/mol. The summed E-state index contributed by atoms with van der Waals surface area (Å²) in [7, 11) is 0. The van der Waals surface area contributed by atoms with Crippen molar-refractivity contribution >= 4 is 34.4 Å². The van der Waals surface area contributed by atoms with E-state index in [0.29, 0.717) is 5.56 Å². The predicted octanol–water partition coefficient (Wildman–Crippen LogP) is 4.12. The topological polar surface area (TPSA) is 0 Å². The maximum absolute atomic E-state index is 12.0. The maximum Gasteiger partial charge on any atom is 0.393 e. The lowest BCUT2D eigenvalue weighted by Crippen LogP contribution is -2.11. The largest absolute Gasteiger partial charge is 0.393 e. The number of alkyl halides is 3. The van der Waals surface area contributed by atoms with E-state index < -0.39 is 12.6 Å². The van der Waals surface area contributed by atoms with Crippen molar-refractivity contribution in [1.82, 2.24) is 0 Å². The van der Waals surface area contributed by atoms with Gasteiger partial charge in [0.25, 0.3) is 0 Å². The van der Waals surface area contributed by atoms with Crippen molar-refractivity contribution in [3.8, 4) is 0 Å². The minimum atomic E-state index is -4.12. The minimum Gasteiger partial charge on any atom is -0.171 e. The molecule has 1 aromatic rings. The van der Waals surface area contributed by atoms with Gasteiger partial charge in [-0.2, -0.15) is 13.2 Å². The zero-order valence-electron chi connectivity index (χ0n) is 7.36. The fraction of sp³-hybridized carbons (Fsp3) is 0.333. The predicted molar refractivity (Wildman–Crippen MR) is 60.7 cm³/mol. The molecule has 14 heavy (non-hydrogen) atoms. The minimum absolute atomic E-state index is 0.319. The van der Waals surface area contributed by atoms with Crippen LogP contribution in [0.25, 0.3) is 0 Å². The van der Waals surface area contributed by atoms with Gasteiger partial charge in [0.05, 0.1) is 6.42 Å². The van der Waals surface area contributed by atoms with E-state index in [-0.39, 0.29) is 0 Å². The smallest absolute Gasteiger partial charge is 0.171 e. The summed E-state index contributed by atoms with van der Waals surface area (Å²) in [6.45, 7) is 0. The second-order valence-corrected chi connectivity index (χ2v) is 4.77. The Morgan fingerprint density at radius 1 is 1.36 bits per heavy atom. The van der Waals surface area contributed by atoms with E-state index in [2.05, 4.69) is 0 Å². The average Bonchev–Trinajstić information content (AvgIpc) is 2.01. The fourth-order valence-electron chi connectivity index (χ4n) is 1.05. The van der Waals surface area contributed by atoms with Gasteiger partial charge in [-0.1, -0.05) is 6.07 Å². The Labute approximate surface area is 98.4 Å². The Balaban J connectivity index is 2.87. The first-order valence-electron chi connectivity index (χ1n) is 3.81. The van der Waals surface area contributed by atoms with Crippen LogP contribution in [0.5, 0.6) is 0 Å². The van der Waals surface area contributed by atoms with Gasteiger partial charge < -0.3 is 0 Å². The summed E-state index contributed by atoms with van der Waals surface area (Å²) in [5, 5.41) is 0. The molecule has 0 aliphatic rings. The van der Waals surface area contributed by atoms with Crippen molar-refractivity contribution in [1.29, 1.82) is 0 Å². The SMILES string of the molecule is CSc1ccc(CC(F)(F)F)cc1I. The third-order valence-electron chi connectivity index (χ3n) is 1.62. The highest BCUT2D eigenvalue weighted by molar-refractivity contribution is 14.1. The lowest BCUT2D eigenvalue weighted by Gasteiger charge is -2.08. The Bertz CT molecular complexity index is 322. The number of benzene rings is 1. The highest BCUT2D eigenvalue weighted by Gasteiger charge is 2.27. The van der Waals surface area contributed by atoms with Gasteiger partial charge >= 0.3 is 6.18 Å². The summed E-state index contributed by atoms with van der Waals surface area (Å²) >= 11 is 3.58. The summed E-state index contributed by atoms with van der Waals surface area (Å²) in [6, 6.07) is 4.84. The highest BCUT2D eigenvalue weighted by Crippen LogP contribution is 2.26. The molecule has 0 atom stereocenters. The zero-order valence-corrected chi connectivity index (χ0v) is 10.3. The lowest BCUT2D eigenvalue weighted by molar-refractivity contribution is -0.127. The van der Waals surface area contributed by atoms with Gasteiger partial charge in [-0.05, 0) is 46.5 Å². The quantitative estimate of drug-likeness (QED) is 0.580.